The average molecular weight is 518 g/mol. The van der Waals surface area contributed by atoms with Crippen molar-refractivity contribution in [3.63, 3.8) is 0 Å². The van der Waals surface area contributed by atoms with Gasteiger partial charge in [0.05, 0.1) is 37.4 Å². The lowest BCUT2D eigenvalue weighted by Crippen LogP contribution is -2.53. The zero-order valence-corrected chi connectivity index (χ0v) is 20.5. The van der Waals surface area contributed by atoms with Crippen LogP contribution >= 0.6 is 0 Å². The third kappa shape index (κ3) is 7.32. The first kappa shape index (κ1) is 27.1. The molecule has 0 saturated carbocycles. The van der Waals surface area contributed by atoms with Crippen LogP contribution in [0.1, 0.15) is 24.0 Å². The first-order chi connectivity index (χ1) is 17.8. The molecule has 8 nitrogen and oxygen atoms in total. The smallest absolute Gasteiger partial charge is 0.225 e. The molecule has 1 unspecified atom stereocenters. The van der Waals surface area contributed by atoms with Crippen LogP contribution in [0.4, 0.5) is 8.78 Å². The van der Waals surface area contributed by atoms with Gasteiger partial charge < -0.3 is 30.5 Å². The molecule has 0 spiro atoms. The summed E-state index contributed by atoms with van der Waals surface area (Å²) in [5, 5.41) is 26.5. The van der Waals surface area contributed by atoms with Crippen LogP contribution in [0.2, 0.25) is 0 Å². The number of β-amino-alcohol motifs (C(OH)–C–C–N with tert-alkyl or cyclic N) is 1. The molecule has 2 amide bonds. The molecule has 2 aliphatic rings. The number of hydrogen-bond donors (Lipinski definition) is 4. The Morgan fingerprint density at radius 2 is 1.89 bits per heavy atom. The highest BCUT2D eigenvalue weighted by Gasteiger charge is 2.38. The second-order valence-electron chi connectivity index (χ2n) is 9.72. The summed E-state index contributed by atoms with van der Waals surface area (Å²) in [4.78, 5) is 26.6. The third-order valence-electron chi connectivity index (χ3n) is 6.94. The van der Waals surface area contributed by atoms with E-state index in [1.54, 1.807) is 0 Å². The largest absolute Gasteiger partial charge is 0.395 e. The zero-order chi connectivity index (χ0) is 26.4. The summed E-state index contributed by atoms with van der Waals surface area (Å²) in [5.74, 6) is -2.79. The maximum absolute atomic E-state index is 13.8. The minimum absolute atomic E-state index is 0.000318. The number of nitrogens with zero attached hydrogens (tertiary/aromatic N) is 1. The Morgan fingerprint density at radius 3 is 2.59 bits per heavy atom. The van der Waals surface area contributed by atoms with Crippen LogP contribution in [0.3, 0.4) is 0 Å². The second-order valence-corrected chi connectivity index (χ2v) is 9.72. The summed E-state index contributed by atoms with van der Waals surface area (Å²) in [6.45, 7) is 1.05. The minimum Gasteiger partial charge on any atom is -0.395 e. The molecule has 4 rings (SSSR count). The van der Waals surface area contributed by atoms with Gasteiger partial charge in [-0.2, -0.15) is 0 Å². The first-order valence-corrected chi connectivity index (χ1v) is 12.5. The van der Waals surface area contributed by atoms with Gasteiger partial charge in [0.1, 0.15) is 11.6 Å². The molecule has 2 saturated heterocycles. The Labute approximate surface area is 214 Å². The normalized spacial score (nSPS) is 23.3. The Kier molecular flexibility index (Phi) is 9.20. The highest BCUT2D eigenvalue weighted by molar-refractivity contribution is 5.89. The maximum atomic E-state index is 13.8. The number of likely N-dealkylation sites (tertiary alicyclic amines) is 1. The highest BCUT2D eigenvalue weighted by atomic mass is 19.1. The maximum Gasteiger partial charge on any atom is 0.225 e. The van der Waals surface area contributed by atoms with E-state index in [4.69, 9.17) is 9.84 Å². The van der Waals surface area contributed by atoms with Crippen molar-refractivity contribution >= 4 is 11.8 Å². The molecular weight excluding hydrogens is 484 g/mol. The van der Waals surface area contributed by atoms with Crippen LogP contribution in [0, 0.1) is 17.6 Å². The molecule has 2 aromatic rings. The van der Waals surface area contributed by atoms with E-state index in [9.17, 15) is 23.5 Å². The van der Waals surface area contributed by atoms with Crippen molar-refractivity contribution in [1.82, 2.24) is 15.5 Å². The van der Waals surface area contributed by atoms with E-state index in [1.807, 2.05) is 30.3 Å². The lowest BCUT2D eigenvalue weighted by atomic mass is 9.94. The monoisotopic (exact) mass is 517 g/mol. The number of amides is 2. The summed E-state index contributed by atoms with van der Waals surface area (Å²) >= 11 is 0. The molecule has 4 N–H and O–H groups in total. The predicted octanol–water partition coefficient (Wildman–Crippen LogP) is 1.14. The summed E-state index contributed by atoms with van der Waals surface area (Å²) in [6.07, 6.45) is -0.741. The van der Waals surface area contributed by atoms with Gasteiger partial charge in [0.2, 0.25) is 11.8 Å². The number of nitrogens with one attached hydrogen (secondary N) is 2. The molecule has 0 aliphatic carbocycles. The summed E-state index contributed by atoms with van der Waals surface area (Å²) in [5.41, 5.74) is 1.33. The van der Waals surface area contributed by atoms with E-state index in [1.165, 1.54) is 17.0 Å². The Hall–Kier alpha value is -2.92. The number of carbonyl (C=O) groups is 2. The molecule has 37 heavy (non-hydrogen) atoms. The van der Waals surface area contributed by atoms with Gasteiger partial charge in [-0.3, -0.25) is 9.59 Å². The molecular formula is C27H33F2N3O5. The fourth-order valence-corrected chi connectivity index (χ4v) is 5.01. The number of rotatable bonds is 11. The van der Waals surface area contributed by atoms with Crippen molar-refractivity contribution in [3.8, 4) is 0 Å². The number of aliphatic hydroxyl groups excluding tert-OH is 2. The predicted molar refractivity (Wildman–Crippen MR) is 131 cm³/mol. The van der Waals surface area contributed by atoms with E-state index in [0.717, 1.165) is 11.6 Å². The second kappa shape index (κ2) is 12.6. The van der Waals surface area contributed by atoms with E-state index in [0.29, 0.717) is 25.1 Å². The minimum atomic E-state index is -1.08. The van der Waals surface area contributed by atoms with Crippen molar-refractivity contribution in [3.05, 3.63) is 71.3 Å². The average Bonchev–Trinajstić information content (AvgIpc) is 3.49. The molecule has 10 heteroatoms. The van der Waals surface area contributed by atoms with Gasteiger partial charge >= 0.3 is 0 Å². The molecule has 5 atom stereocenters. The molecule has 2 aliphatic heterocycles. The number of aliphatic hydroxyl groups is 2. The number of carbonyl (C=O) groups excluding carboxylic acids is 2. The molecule has 0 aromatic heterocycles. The van der Waals surface area contributed by atoms with Crippen molar-refractivity contribution < 1.29 is 33.3 Å². The van der Waals surface area contributed by atoms with Crippen LogP contribution in [-0.4, -0.2) is 77.5 Å². The molecule has 0 bridgehead atoms. The van der Waals surface area contributed by atoms with Gasteiger partial charge in [-0.15, -0.1) is 0 Å². The first-order valence-electron chi connectivity index (χ1n) is 12.5. The summed E-state index contributed by atoms with van der Waals surface area (Å²) < 4.78 is 33.7. The Bertz CT molecular complexity index is 1050. The standard InChI is InChI=1S/C27H33F2N3O5/c28-20-8-18(9-21(29)12-20)10-24(31-27(36)19-11-25(34)32(15-19)6-7-33)26(35)23-13-22(14-30-23)37-16-17-4-2-1-3-5-17/h1-5,8-9,12,19,22-24,26,30,33,35H,6-7,10-11,13-16H2,(H,31,36)/t19?,22-,23-,24+,26-/m1/s1. The highest BCUT2D eigenvalue weighted by Crippen LogP contribution is 2.22. The van der Waals surface area contributed by atoms with E-state index >= 15 is 0 Å². The van der Waals surface area contributed by atoms with Gasteiger partial charge in [0, 0.05) is 38.2 Å². The Balaban J connectivity index is 1.42. The topological polar surface area (TPSA) is 111 Å². The fourth-order valence-electron chi connectivity index (χ4n) is 5.01. The zero-order valence-electron chi connectivity index (χ0n) is 20.5. The van der Waals surface area contributed by atoms with Crippen molar-refractivity contribution in [2.45, 2.75) is 50.2 Å². The van der Waals surface area contributed by atoms with Crippen LogP contribution in [0.5, 0.6) is 0 Å². The molecule has 2 aromatic carbocycles. The number of benzene rings is 2. The summed E-state index contributed by atoms with van der Waals surface area (Å²) in [6, 6.07) is 11.6. The SMILES string of the molecule is O=C(N[C@@H](Cc1cc(F)cc(F)c1)[C@H](O)[C@H]1C[C@@H](OCc2ccccc2)CN1)C1CC(=O)N(CCO)C1. The van der Waals surface area contributed by atoms with E-state index < -0.39 is 41.6 Å². The number of hydrogen-bond acceptors (Lipinski definition) is 6. The van der Waals surface area contributed by atoms with Crippen molar-refractivity contribution in [2.24, 2.45) is 5.92 Å². The third-order valence-corrected chi connectivity index (χ3v) is 6.94. The molecule has 2 heterocycles. The molecule has 0 radical (unpaired) electrons. The molecule has 200 valence electrons. The van der Waals surface area contributed by atoms with Crippen LogP contribution in [-0.2, 0) is 27.4 Å². The lowest BCUT2D eigenvalue weighted by molar-refractivity contribution is -0.129. The van der Waals surface area contributed by atoms with Crippen LogP contribution < -0.4 is 10.6 Å². The van der Waals surface area contributed by atoms with Gasteiger partial charge in [-0.1, -0.05) is 30.3 Å². The quantitative estimate of drug-likeness (QED) is 0.356. The van der Waals surface area contributed by atoms with Crippen LogP contribution in [0.15, 0.2) is 48.5 Å². The van der Waals surface area contributed by atoms with Crippen molar-refractivity contribution in [2.75, 3.05) is 26.2 Å². The van der Waals surface area contributed by atoms with Gasteiger partial charge in [0.25, 0.3) is 0 Å². The summed E-state index contributed by atoms with van der Waals surface area (Å²) in [7, 11) is 0. The lowest BCUT2D eigenvalue weighted by Gasteiger charge is -2.29. The van der Waals surface area contributed by atoms with E-state index in [2.05, 4.69) is 10.6 Å². The fraction of sp³-hybridized carbons (Fsp3) is 0.481. The number of halogens is 2. The molecule has 2 fully saturated rings. The Morgan fingerprint density at radius 1 is 1.16 bits per heavy atom. The number of ether oxygens (including phenoxy) is 1. The van der Waals surface area contributed by atoms with Gasteiger partial charge in [-0.05, 0) is 36.1 Å². The van der Waals surface area contributed by atoms with Crippen LogP contribution in [0.25, 0.3) is 0 Å². The van der Waals surface area contributed by atoms with E-state index in [-0.39, 0.29) is 44.5 Å². The van der Waals surface area contributed by atoms with Crippen molar-refractivity contribution in [1.29, 1.82) is 0 Å². The van der Waals surface area contributed by atoms with Gasteiger partial charge in [0.15, 0.2) is 0 Å². The van der Waals surface area contributed by atoms with Gasteiger partial charge in [-0.25, -0.2) is 8.78 Å².